The summed E-state index contributed by atoms with van der Waals surface area (Å²) in [4.78, 5) is 11.0. The molecule has 1 fully saturated rings. The molecule has 4 heteroatoms. The number of benzene rings is 1. The number of rotatable bonds is 4. The van der Waals surface area contributed by atoms with Gasteiger partial charge in [0.05, 0.1) is 0 Å². The molecule has 2 aromatic rings. The zero-order chi connectivity index (χ0) is 15.5. The van der Waals surface area contributed by atoms with Crippen molar-refractivity contribution in [2.75, 3.05) is 18.4 Å². The van der Waals surface area contributed by atoms with Crippen LogP contribution in [-0.2, 0) is 6.54 Å². The molecule has 1 aromatic heterocycles. The highest BCUT2D eigenvalue weighted by Crippen LogP contribution is 2.19. The summed E-state index contributed by atoms with van der Waals surface area (Å²) in [5.41, 5.74) is 5.17. The first-order valence-corrected chi connectivity index (χ1v) is 7.94. The minimum Gasteiger partial charge on any atom is -0.366 e. The van der Waals surface area contributed by atoms with Crippen LogP contribution in [0.2, 0.25) is 0 Å². The van der Waals surface area contributed by atoms with E-state index in [1.165, 1.54) is 16.7 Å². The van der Waals surface area contributed by atoms with E-state index in [9.17, 15) is 0 Å². The molecule has 4 nitrogen and oxygen atoms in total. The third-order valence-corrected chi connectivity index (χ3v) is 4.33. The Morgan fingerprint density at radius 2 is 2.05 bits per heavy atom. The molecule has 1 aliphatic rings. The monoisotopic (exact) mass is 296 g/mol. The Kier molecular flexibility index (Phi) is 4.39. The predicted octanol–water partition coefficient (Wildman–Crippen LogP) is 3.09. The van der Waals surface area contributed by atoms with E-state index in [0.29, 0.717) is 6.04 Å². The third kappa shape index (κ3) is 3.63. The van der Waals surface area contributed by atoms with Gasteiger partial charge in [-0.3, -0.25) is 4.90 Å². The number of aromatic nitrogens is 2. The quantitative estimate of drug-likeness (QED) is 0.941. The summed E-state index contributed by atoms with van der Waals surface area (Å²) in [5, 5.41) is 3.53. The maximum atomic E-state index is 4.30. The lowest BCUT2D eigenvalue weighted by molar-refractivity contribution is 0.328. The van der Waals surface area contributed by atoms with Crippen LogP contribution < -0.4 is 5.32 Å². The molecule has 116 valence electrons. The van der Waals surface area contributed by atoms with Crippen molar-refractivity contribution < 1.29 is 0 Å². The summed E-state index contributed by atoms with van der Waals surface area (Å²) in [6.07, 6.45) is 2.79. The molecule has 22 heavy (non-hydrogen) atoms. The van der Waals surface area contributed by atoms with Crippen molar-refractivity contribution in [2.45, 2.75) is 39.8 Å². The Balaban J connectivity index is 1.59. The van der Waals surface area contributed by atoms with Gasteiger partial charge in [-0.1, -0.05) is 23.8 Å². The molecule has 0 saturated carbocycles. The number of nitrogens with zero attached hydrogens (tertiary/aromatic N) is 3. The average Bonchev–Trinajstić information content (AvgIpc) is 2.90. The van der Waals surface area contributed by atoms with Gasteiger partial charge in [0.15, 0.2) is 0 Å². The van der Waals surface area contributed by atoms with E-state index in [0.717, 1.165) is 37.6 Å². The van der Waals surface area contributed by atoms with Crippen molar-refractivity contribution in [3.05, 3.63) is 53.0 Å². The highest BCUT2D eigenvalue weighted by Gasteiger charge is 2.23. The second-order valence-corrected chi connectivity index (χ2v) is 6.34. The van der Waals surface area contributed by atoms with Gasteiger partial charge in [0.2, 0.25) is 0 Å². The van der Waals surface area contributed by atoms with Crippen LogP contribution in [0.25, 0.3) is 0 Å². The molecule has 1 aromatic carbocycles. The Morgan fingerprint density at radius 1 is 1.18 bits per heavy atom. The molecule has 0 aliphatic carbocycles. The van der Waals surface area contributed by atoms with E-state index in [2.05, 4.69) is 52.2 Å². The first-order chi connectivity index (χ1) is 10.6. The smallest absolute Gasteiger partial charge is 0.129 e. The first-order valence-electron chi connectivity index (χ1n) is 7.94. The predicted molar refractivity (Wildman–Crippen MR) is 90.0 cm³/mol. The molecule has 0 bridgehead atoms. The number of hydrogen-bond acceptors (Lipinski definition) is 4. The van der Waals surface area contributed by atoms with Gasteiger partial charge in [0.25, 0.3) is 0 Å². The summed E-state index contributed by atoms with van der Waals surface area (Å²) >= 11 is 0. The maximum absolute atomic E-state index is 4.30. The van der Waals surface area contributed by atoms with E-state index in [4.69, 9.17) is 0 Å². The fourth-order valence-corrected chi connectivity index (χ4v) is 3.05. The second kappa shape index (κ2) is 6.44. The summed E-state index contributed by atoms with van der Waals surface area (Å²) < 4.78 is 0. The highest BCUT2D eigenvalue weighted by molar-refractivity contribution is 5.36. The lowest BCUT2D eigenvalue weighted by Gasteiger charge is -2.18. The van der Waals surface area contributed by atoms with E-state index in [1.54, 1.807) is 6.33 Å². The first kappa shape index (κ1) is 15.0. The van der Waals surface area contributed by atoms with Gasteiger partial charge in [-0.05, 0) is 38.3 Å². The molecule has 0 amide bonds. The van der Waals surface area contributed by atoms with Crippen LogP contribution in [0.4, 0.5) is 5.82 Å². The molecule has 1 N–H and O–H groups in total. The molecule has 1 atom stereocenters. The van der Waals surface area contributed by atoms with Gasteiger partial charge in [0.1, 0.15) is 12.1 Å². The zero-order valence-electron chi connectivity index (χ0n) is 13.6. The molecule has 1 unspecified atom stereocenters. The molecular formula is C18H24N4. The van der Waals surface area contributed by atoms with Crippen LogP contribution in [0.3, 0.4) is 0 Å². The number of nitrogens with one attached hydrogen (secondary N) is 1. The number of aryl methyl sites for hydroxylation is 3. The second-order valence-electron chi connectivity index (χ2n) is 6.34. The summed E-state index contributed by atoms with van der Waals surface area (Å²) in [5.74, 6) is 0.936. The van der Waals surface area contributed by atoms with Crippen LogP contribution in [0.5, 0.6) is 0 Å². The van der Waals surface area contributed by atoms with Gasteiger partial charge in [0, 0.05) is 37.4 Å². The van der Waals surface area contributed by atoms with E-state index in [-0.39, 0.29) is 0 Å². The largest absolute Gasteiger partial charge is 0.366 e. The molecule has 1 aliphatic heterocycles. The summed E-state index contributed by atoms with van der Waals surface area (Å²) in [6.45, 7) is 9.59. The van der Waals surface area contributed by atoms with Crippen LogP contribution >= 0.6 is 0 Å². The Labute approximate surface area is 132 Å². The Hall–Kier alpha value is -1.94. The Bertz CT molecular complexity index is 653. The van der Waals surface area contributed by atoms with E-state index < -0.39 is 0 Å². The van der Waals surface area contributed by atoms with Crippen LogP contribution in [-0.4, -0.2) is 34.0 Å². The highest BCUT2D eigenvalue weighted by atomic mass is 15.2. The Morgan fingerprint density at radius 3 is 2.86 bits per heavy atom. The fourth-order valence-electron chi connectivity index (χ4n) is 3.05. The van der Waals surface area contributed by atoms with Gasteiger partial charge in [-0.15, -0.1) is 0 Å². The number of likely N-dealkylation sites (tertiary alicyclic amines) is 1. The van der Waals surface area contributed by atoms with Crippen molar-refractivity contribution in [3.8, 4) is 0 Å². The third-order valence-electron chi connectivity index (χ3n) is 4.33. The van der Waals surface area contributed by atoms with Crippen molar-refractivity contribution in [1.82, 2.24) is 14.9 Å². The topological polar surface area (TPSA) is 41.0 Å². The van der Waals surface area contributed by atoms with E-state index in [1.807, 2.05) is 13.0 Å². The zero-order valence-corrected chi connectivity index (χ0v) is 13.6. The van der Waals surface area contributed by atoms with Gasteiger partial charge in [-0.2, -0.15) is 0 Å². The summed E-state index contributed by atoms with van der Waals surface area (Å²) in [7, 11) is 0. The lowest BCUT2D eigenvalue weighted by atomic mass is 10.1. The fraction of sp³-hybridized carbons (Fsp3) is 0.444. The van der Waals surface area contributed by atoms with Crippen molar-refractivity contribution >= 4 is 5.82 Å². The molecule has 2 heterocycles. The number of anilines is 1. The van der Waals surface area contributed by atoms with Crippen molar-refractivity contribution in [1.29, 1.82) is 0 Å². The van der Waals surface area contributed by atoms with Crippen LogP contribution in [0, 0.1) is 20.8 Å². The molecule has 1 saturated heterocycles. The van der Waals surface area contributed by atoms with Gasteiger partial charge >= 0.3 is 0 Å². The van der Waals surface area contributed by atoms with Crippen molar-refractivity contribution in [3.63, 3.8) is 0 Å². The molecule has 3 rings (SSSR count). The molecule has 0 radical (unpaired) electrons. The van der Waals surface area contributed by atoms with Crippen molar-refractivity contribution in [2.24, 2.45) is 0 Å². The normalized spacial score (nSPS) is 18.6. The molecule has 0 spiro atoms. The average molecular weight is 296 g/mol. The van der Waals surface area contributed by atoms with Gasteiger partial charge in [-0.25, -0.2) is 9.97 Å². The molecular weight excluding hydrogens is 272 g/mol. The maximum Gasteiger partial charge on any atom is 0.129 e. The number of hydrogen-bond donors (Lipinski definition) is 1. The van der Waals surface area contributed by atoms with E-state index >= 15 is 0 Å². The standard InChI is InChI=1S/C18H24N4/c1-13-4-5-14(2)16(8-13)10-22-7-6-17(11-22)21-18-9-15(3)19-12-20-18/h4-5,8-9,12,17H,6-7,10-11H2,1-3H3,(H,19,20,21). The summed E-state index contributed by atoms with van der Waals surface area (Å²) in [6, 6.07) is 9.20. The van der Waals surface area contributed by atoms with Gasteiger partial charge < -0.3 is 5.32 Å². The van der Waals surface area contributed by atoms with Crippen LogP contribution in [0.15, 0.2) is 30.6 Å². The minimum absolute atomic E-state index is 0.472. The lowest BCUT2D eigenvalue weighted by Crippen LogP contribution is -2.26. The minimum atomic E-state index is 0.472. The SMILES string of the molecule is Cc1ccc(C)c(CN2CCC(Nc3cc(C)ncn3)C2)c1. The van der Waals surface area contributed by atoms with Crippen LogP contribution in [0.1, 0.15) is 28.8 Å².